The van der Waals surface area contributed by atoms with Crippen molar-refractivity contribution in [3.8, 4) is 16.9 Å². The van der Waals surface area contributed by atoms with Crippen molar-refractivity contribution in [1.82, 2.24) is 24.6 Å². The van der Waals surface area contributed by atoms with E-state index < -0.39 is 5.60 Å². The van der Waals surface area contributed by atoms with Crippen LogP contribution < -0.4 is 10.1 Å². The lowest BCUT2D eigenvalue weighted by Crippen LogP contribution is -2.42. The van der Waals surface area contributed by atoms with E-state index in [1.54, 1.807) is 30.0 Å². The zero-order chi connectivity index (χ0) is 27.6. The summed E-state index contributed by atoms with van der Waals surface area (Å²) in [7, 11) is 1.69. The maximum atomic E-state index is 12.4. The Bertz CT molecular complexity index is 1470. The molecule has 1 fully saturated rings. The van der Waals surface area contributed by atoms with Gasteiger partial charge in [-0.1, -0.05) is 18.2 Å². The monoisotopic (exact) mass is 546 g/mol. The number of rotatable bonds is 6. The highest BCUT2D eigenvalue weighted by Gasteiger charge is 2.28. The topological polar surface area (TPSA) is 94.4 Å². The van der Waals surface area contributed by atoms with Gasteiger partial charge in [-0.3, -0.25) is 4.68 Å². The van der Waals surface area contributed by atoms with Crippen molar-refractivity contribution in [3.05, 3.63) is 55.0 Å². The van der Waals surface area contributed by atoms with E-state index in [1.165, 1.54) is 0 Å². The van der Waals surface area contributed by atoms with Gasteiger partial charge >= 0.3 is 6.09 Å². The van der Waals surface area contributed by atoms with Crippen LogP contribution in [0.25, 0.3) is 22.0 Å². The number of hydrogen-bond donors (Lipinski definition) is 1. The molecule has 1 aliphatic rings. The number of anilines is 2. The number of amides is 1. The number of aromatic nitrogens is 4. The Labute approximate surface area is 232 Å². The number of benzene rings is 2. The number of carbonyl (C=O) groups is 1. The summed E-state index contributed by atoms with van der Waals surface area (Å²) in [5.74, 6) is 1.30. The first-order valence-corrected chi connectivity index (χ1v) is 14.2. The van der Waals surface area contributed by atoms with Gasteiger partial charge in [-0.15, -0.1) is 11.8 Å². The molecule has 39 heavy (non-hydrogen) atoms. The number of carbonyl (C=O) groups excluding carboxylic acids is 1. The van der Waals surface area contributed by atoms with Crippen molar-refractivity contribution in [3.63, 3.8) is 0 Å². The van der Waals surface area contributed by atoms with E-state index in [2.05, 4.69) is 33.6 Å². The lowest BCUT2D eigenvalue weighted by Gasteiger charge is -2.33. The second kappa shape index (κ2) is 11.1. The van der Waals surface area contributed by atoms with Crippen LogP contribution in [-0.2, 0) is 4.74 Å². The minimum atomic E-state index is -0.493. The maximum absolute atomic E-state index is 12.4. The van der Waals surface area contributed by atoms with Crippen LogP contribution in [0.3, 0.4) is 0 Å². The zero-order valence-corrected chi connectivity index (χ0v) is 23.8. The molecule has 0 aliphatic carbocycles. The van der Waals surface area contributed by atoms with E-state index in [0.29, 0.717) is 19.0 Å². The molecule has 5 rings (SSSR count). The van der Waals surface area contributed by atoms with E-state index in [0.717, 1.165) is 51.2 Å². The van der Waals surface area contributed by atoms with Crippen LogP contribution in [0.15, 0.2) is 59.9 Å². The Hall–Kier alpha value is -3.79. The molecular weight excluding hydrogens is 512 g/mol. The molecule has 1 amide bonds. The minimum absolute atomic E-state index is 0.208. The summed E-state index contributed by atoms with van der Waals surface area (Å²) in [5, 5.41) is 8.83. The van der Waals surface area contributed by atoms with E-state index in [4.69, 9.17) is 14.5 Å². The minimum Gasteiger partial charge on any atom is -0.496 e. The van der Waals surface area contributed by atoms with Crippen LogP contribution in [0, 0.1) is 0 Å². The quantitative estimate of drug-likeness (QED) is 0.273. The molecule has 2 aromatic carbocycles. The number of piperidine rings is 1. The van der Waals surface area contributed by atoms with Crippen LogP contribution in [0.4, 0.5) is 16.4 Å². The molecule has 1 aliphatic heterocycles. The third kappa shape index (κ3) is 6.11. The smallest absolute Gasteiger partial charge is 0.410 e. The molecule has 204 valence electrons. The van der Waals surface area contributed by atoms with Gasteiger partial charge < -0.3 is 19.7 Å². The van der Waals surface area contributed by atoms with Crippen molar-refractivity contribution >= 4 is 40.4 Å². The molecule has 0 spiro atoms. The fraction of sp³-hybridized carbons (Fsp3) is 0.379. The average Bonchev–Trinajstić information content (AvgIpc) is 3.40. The molecule has 0 saturated carbocycles. The third-order valence-corrected chi connectivity index (χ3v) is 7.38. The predicted octanol–water partition coefficient (Wildman–Crippen LogP) is 6.54. The number of para-hydroxylation sites is 1. The van der Waals surface area contributed by atoms with Crippen molar-refractivity contribution in [2.45, 2.75) is 50.2 Å². The fourth-order valence-electron chi connectivity index (χ4n) is 4.73. The molecule has 0 bridgehead atoms. The maximum Gasteiger partial charge on any atom is 0.410 e. The first-order chi connectivity index (χ1) is 18.7. The van der Waals surface area contributed by atoms with Crippen LogP contribution in [0.5, 0.6) is 5.75 Å². The second-order valence-corrected chi connectivity index (χ2v) is 11.4. The van der Waals surface area contributed by atoms with E-state index in [9.17, 15) is 4.79 Å². The highest BCUT2D eigenvalue weighted by Crippen LogP contribution is 2.37. The van der Waals surface area contributed by atoms with Crippen LogP contribution in [0.1, 0.15) is 39.7 Å². The van der Waals surface area contributed by atoms with Gasteiger partial charge in [-0.25, -0.2) is 14.8 Å². The summed E-state index contributed by atoms with van der Waals surface area (Å²) in [6.45, 7) is 6.93. The highest BCUT2D eigenvalue weighted by molar-refractivity contribution is 7.98. The molecule has 1 saturated heterocycles. The fourth-order valence-corrected chi connectivity index (χ4v) is 5.15. The number of fused-ring (bicyclic) bond motifs is 1. The number of methoxy groups -OCH3 is 1. The lowest BCUT2D eigenvalue weighted by atomic mass is 10.0. The van der Waals surface area contributed by atoms with Crippen molar-refractivity contribution in [1.29, 1.82) is 0 Å². The molecule has 3 heterocycles. The second-order valence-electron chi connectivity index (χ2n) is 10.5. The standard InChI is InChI=1S/C29H34N6O3S/c1-29(2,3)38-28(36)34-13-11-21(12-14-34)35-18-20(17-31-35)32-27-30-16-19-7-6-8-24(26(19)33-27)23-10-9-22(39-5)15-25(23)37-4/h6-10,15-18,21H,11-14H2,1-5H3,(H,30,32,33). The van der Waals surface area contributed by atoms with Gasteiger partial charge in [0.05, 0.1) is 30.6 Å². The Morgan fingerprint density at radius 1 is 1.10 bits per heavy atom. The summed E-state index contributed by atoms with van der Waals surface area (Å²) in [6.07, 6.45) is 9.00. The highest BCUT2D eigenvalue weighted by atomic mass is 32.2. The summed E-state index contributed by atoms with van der Waals surface area (Å²) < 4.78 is 13.2. The van der Waals surface area contributed by atoms with Gasteiger partial charge in [-0.2, -0.15) is 5.10 Å². The van der Waals surface area contributed by atoms with E-state index in [1.807, 2.05) is 62.3 Å². The molecule has 9 nitrogen and oxygen atoms in total. The van der Waals surface area contributed by atoms with E-state index in [-0.39, 0.29) is 12.1 Å². The van der Waals surface area contributed by atoms with Gasteiger partial charge in [0.2, 0.25) is 5.95 Å². The molecule has 10 heteroatoms. The molecule has 1 N–H and O–H groups in total. The average molecular weight is 547 g/mol. The van der Waals surface area contributed by atoms with E-state index >= 15 is 0 Å². The van der Waals surface area contributed by atoms with Gasteiger partial charge in [-0.05, 0) is 58.1 Å². The van der Waals surface area contributed by atoms with Gasteiger partial charge in [0.25, 0.3) is 0 Å². The first-order valence-electron chi connectivity index (χ1n) is 13.0. The molecular formula is C29H34N6O3S. The summed E-state index contributed by atoms with van der Waals surface area (Å²) >= 11 is 1.68. The number of likely N-dealkylation sites (tertiary alicyclic amines) is 1. The van der Waals surface area contributed by atoms with Crippen LogP contribution in [0.2, 0.25) is 0 Å². The van der Waals surface area contributed by atoms with Crippen molar-refractivity contribution < 1.29 is 14.3 Å². The Morgan fingerprint density at radius 3 is 2.62 bits per heavy atom. The molecule has 4 aromatic rings. The first kappa shape index (κ1) is 26.8. The van der Waals surface area contributed by atoms with Crippen molar-refractivity contribution in [2.75, 3.05) is 31.8 Å². The van der Waals surface area contributed by atoms with Crippen molar-refractivity contribution in [2.24, 2.45) is 0 Å². The van der Waals surface area contributed by atoms with Gasteiger partial charge in [0, 0.05) is 46.9 Å². The molecule has 0 unspecified atom stereocenters. The third-order valence-electron chi connectivity index (χ3n) is 6.66. The number of hydrogen-bond acceptors (Lipinski definition) is 8. The molecule has 0 atom stereocenters. The number of ether oxygens (including phenoxy) is 2. The summed E-state index contributed by atoms with van der Waals surface area (Å²) in [4.78, 5) is 24.7. The van der Waals surface area contributed by atoms with Gasteiger partial charge in [0.15, 0.2) is 0 Å². The Kier molecular flexibility index (Phi) is 7.65. The predicted molar refractivity (Wildman–Crippen MR) is 155 cm³/mol. The lowest BCUT2D eigenvalue weighted by molar-refractivity contribution is 0.0185. The Morgan fingerprint density at radius 2 is 1.90 bits per heavy atom. The molecule has 0 radical (unpaired) electrons. The number of nitrogens with one attached hydrogen (secondary N) is 1. The molecule has 2 aromatic heterocycles. The van der Waals surface area contributed by atoms with Gasteiger partial charge in [0.1, 0.15) is 11.4 Å². The van der Waals surface area contributed by atoms with Crippen LogP contribution >= 0.6 is 11.8 Å². The summed E-state index contributed by atoms with van der Waals surface area (Å²) in [5.41, 5.74) is 3.12. The normalized spacial score (nSPS) is 14.4. The largest absolute Gasteiger partial charge is 0.496 e. The van der Waals surface area contributed by atoms with Crippen LogP contribution in [-0.4, -0.2) is 62.8 Å². The number of nitrogens with zero attached hydrogens (tertiary/aromatic N) is 5. The zero-order valence-electron chi connectivity index (χ0n) is 23.0. The summed E-state index contributed by atoms with van der Waals surface area (Å²) in [6, 6.07) is 12.5. The number of thioether (sulfide) groups is 1. The Balaban J connectivity index is 1.31. The SMILES string of the molecule is COc1cc(SC)ccc1-c1cccc2cnc(Nc3cnn(C4CCN(C(=O)OC(C)(C)C)CC4)c3)nc12.